The molecule has 0 aromatic heterocycles. The summed E-state index contributed by atoms with van der Waals surface area (Å²) in [6.07, 6.45) is 1.65. The minimum atomic E-state index is -0.119. The van der Waals surface area contributed by atoms with E-state index in [1.165, 1.54) is 11.8 Å². The maximum Gasteiger partial charge on any atom is 0.222 e. The van der Waals surface area contributed by atoms with Crippen molar-refractivity contribution in [3.05, 3.63) is 0 Å². The van der Waals surface area contributed by atoms with Crippen LogP contribution in [0.15, 0.2) is 0 Å². The molecule has 1 heterocycles. The Kier molecular flexibility index (Phi) is 5.25. The molecule has 0 aromatic rings. The van der Waals surface area contributed by atoms with E-state index < -0.39 is 0 Å². The number of carbonyl (C=O) groups excluding carboxylic acids is 1. The van der Waals surface area contributed by atoms with Crippen LogP contribution in [0.3, 0.4) is 0 Å². The maximum absolute atomic E-state index is 11.7. The van der Waals surface area contributed by atoms with E-state index in [0.717, 1.165) is 13.0 Å². The molecule has 0 bridgehead atoms. The van der Waals surface area contributed by atoms with Gasteiger partial charge in [0.25, 0.3) is 0 Å². The molecule has 0 spiro atoms. The number of hydrogen-bond donors (Lipinski definition) is 0. The molecule has 0 aliphatic carbocycles. The van der Waals surface area contributed by atoms with E-state index in [9.17, 15) is 4.79 Å². The minimum absolute atomic E-state index is 0.119. The lowest BCUT2D eigenvalue weighted by atomic mass is 10.0. The summed E-state index contributed by atoms with van der Waals surface area (Å²) in [5.74, 6) is 0.258. The van der Waals surface area contributed by atoms with Gasteiger partial charge in [-0.1, -0.05) is 11.8 Å². The Hall–Kier alpha value is -0.290. The maximum atomic E-state index is 11.7. The molecule has 0 saturated carbocycles. The molecular weight excluding hydrogens is 254 g/mol. The summed E-state index contributed by atoms with van der Waals surface area (Å²) in [6, 6.07) is 0.168. The van der Waals surface area contributed by atoms with Crippen molar-refractivity contribution in [3.8, 4) is 0 Å². The van der Waals surface area contributed by atoms with Gasteiger partial charge in [0.2, 0.25) is 10.3 Å². The van der Waals surface area contributed by atoms with Gasteiger partial charge in [-0.2, -0.15) is 0 Å². The van der Waals surface area contributed by atoms with E-state index in [-0.39, 0.29) is 16.7 Å². The zero-order valence-electron chi connectivity index (χ0n) is 11.0. The Balaban J connectivity index is 2.62. The van der Waals surface area contributed by atoms with Gasteiger partial charge in [0.05, 0.1) is 6.61 Å². The lowest BCUT2D eigenvalue weighted by Gasteiger charge is -2.37. The van der Waals surface area contributed by atoms with Gasteiger partial charge in [-0.15, -0.1) is 0 Å². The second-order valence-electron chi connectivity index (χ2n) is 4.76. The fourth-order valence-corrected chi connectivity index (χ4v) is 3.57. The van der Waals surface area contributed by atoms with E-state index >= 15 is 0 Å². The molecule has 1 amide bonds. The van der Waals surface area contributed by atoms with Crippen LogP contribution in [0.5, 0.6) is 0 Å². The fraction of sp³-hybridized carbons (Fsp3) is 0.833. The van der Waals surface area contributed by atoms with Crippen LogP contribution in [-0.4, -0.2) is 39.1 Å². The molecule has 0 aromatic carbocycles. The quantitative estimate of drug-likeness (QED) is 0.738. The highest BCUT2D eigenvalue weighted by atomic mass is 32.2. The van der Waals surface area contributed by atoms with Gasteiger partial charge in [0.15, 0.2) is 0 Å². The second-order valence-corrected chi connectivity index (χ2v) is 7.01. The molecule has 0 radical (unpaired) electrons. The Morgan fingerprint density at radius 3 is 2.76 bits per heavy atom. The van der Waals surface area contributed by atoms with Gasteiger partial charge in [-0.25, -0.2) is 0 Å². The SMILES string of the molecule is CCOC(=S)SC(C)(C)C(C)N1CCCC1=O. The summed E-state index contributed by atoms with van der Waals surface area (Å²) in [5, 5.41) is 0. The average molecular weight is 275 g/mol. The van der Waals surface area contributed by atoms with Gasteiger partial charge in [-0.05, 0) is 46.3 Å². The Morgan fingerprint density at radius 1 is 1.65 bits per heavy atom. The molecule has 3 nitrogen and oxygen atoms in total. The van der Waals surface area contributed by atoms with Crippen molar-refractivity contribution in [2.75, 3.05) is 13.2 Å². The van der Waals surface area contributed by atoms with Crippen molar-refractivity contribution in [1.29, 1.82) is 0 Å². The molecule has 1 aliphatic rings. The Labute approximate surface area is 113 Å². The fourth-order valence-electron chi connectivity index (χ4n) is 1.90. The van der Waals surface area contributed by atoms with Crippen LogP contribution in [0.1, 0.15) is 40.5 Å². The normalized spacial score (nSPS) is 18.4. The molecule has 1 atom stereocenters. The van der Waals surface area contributed by atoms with Gasteiger partial charge < -0.3 is 9.64 Å². The Bertz CT molecular complexity index is 305. The van der Waals surface area contributed by atoms with Crippen molar-refractivity contribution in [1.82, 2.24) is 4.90 Å². The third-order valence-corrected chi connectivity index (χ3v) is 4.71. The summed E-state index contributed by atoms with van der Waals surface area (Å²) < 4.78 is 5.76. The highest BCUT2D eigenvalue weighted by Crippen LogP contribution is 2.34. The number of ether oxygens (including phenoxy) is 1. The first-order chi connectivity index (χ1) is 7.88. The topological polar surface area (TPSA) is 29.5 Å². The van der Waals surface area contributed by atoms with Crippen LogP contribution in [0.2, 0.25) is 0 Å². The third kappa shape index (κ3) is 3.85. The molecule has 17 heavy (non-hydrogen) atoms. The molecule has 1 aliphatic heterocycles. The van der Waals surface area contributed by atoms with E-state index in [0.29, 0.717) is 17.4 Å². The summed E-state index contributed by atoms with van der Waals surface area (Å²) in [4.78, 5) is 13.7. The first kappa shape index (κ1) is 14.8. The smallest absolute Gasteiger partial charge is 0.222 e. The first-order valence-electron chi connectivity index (χ1n) is 6.03. The Morgan fingerprint density at radius 2 is 2.29 bits per heavy atom. The van der Waals surface area contributed by atoms with E-state index in [1.54, 1.807) is 0 Å². The van der Waals surface area contributed by atoms with E-state index in [1.807, 2.05) is 11.8 Å². The highest BCUT2D eigenvalue weighted by molar-refractivity contribution is 8.23. The van der Waals surface area contributed by atoms with Gasteiger partial charge in [-0.3, -0.25) is 4.79 Å². The number of nitrogens with zero attached hydrogens (tertiary/aromatic N) is 1. The number of thiocarbonyl (C=S) groups is 1. The molecule has 1 saturated heterocycles. The molecule has 1 rings (SSSR count). The van der Waals surface area contributed by atoms with Gasteiger partial charge in [0.1, 0.15) is 0 Å². The van der Waals surface area contributed by atoms with Gasteiger partial charge in [0, 0.05) is 23.8 Å². The standard InChI is InChI=1S/C12H21NO2S2/c1-5-15-11(16)17-12(3,4)9(2)13-8-6-7-10(13)14/h9H,5-8H2,1-4H3. The predicted molar refractivity (Wildman–Crippen MR) is 76.3 cm³/mol. The highest BCUT2D eigenvalue weighted by Gasteiger charge is 2.37. The summed E-state index contributed by atoms with van der Waals surface area (Å²) in [7, 11) is 0. The zero-order chi connectivity index (χ0) is 13.1. The summed E-state index contributed by atoms with van der Waals surface area (Å²) in [6.45, 7) is 9.70. The van der Waals surface area contributed by atoms with Crippen LogP contribution in [0.25, 0.3) is 0 Å². The number of hydrogen-bond acceptors (Lipinski definition) is 4. The van der Waals surface area contributed by atoms with E-state index in [4.69, 9.17) is 17.0 Å². The molecule has 5 heteroatoms. The number of likely N-dealkylation sites (tertiary alicyclic amines) is 1. The van der Waals surface area contributed by atoms with Crippen LogP contribution >= 0.6 is 24.0 Å². The molecule has 98 valence electrons. The second kappa shape index (κ2) is 6.05. The van der Waals surface area contributed by atoms with Crippen molar-refractivity contribution in [3.63, 3.8) is 0 Å². The molecule has 0 N–H and O–H groups in total. The third-order valence-electron chi connectivity index (χ3n) is 3.19. The van der Waals surface area contributed by atoms with E-state index in [2.05, 4.69) is 20.8 Å². The largest absolute Gasteiger partial charge is 0.479 e. The average Bonchev–Trinajstić information content (AvgIpc) is 2.62. The van der Waals surface area contributed by atoms with Crippen molar-refractivity contribution < 1.29 is 9.53 Å². The zero-order valence-corrected chi connectivity index (χ0v) is 12.6. The van der Waals surface area contributed by atoms with Crippen molar-refractivity contribution >= 4 is 34.3 Å². The summed E-state index contributed by atoms with van der Waals surface area (Å²) in [5.41, 5.74) is 0. The lowest BCUT2D eigenvalue weighted by molar-refractivity contribution is -0.129. The van der Waals surface area contributed by atoms with Gasteiger partial charge >= 0.3 is 0 Å². The van der Waals surface area contributed by atoms with Crippen molar-refractivity contribution in [2.45, 2.75) is 51.3 Å². The minimum Gasteiger partial charge on any atom is -0.479 e. The molecule has 1 unspecified atom stereocenters. The predicted octanol–water partition coefficient (Wildman–Crippen LogP) is 2.83. The lowest BCUT2D eigenvalue weighted by Crippen LogP contribution is -2.46. The number of amides is 1. The number of carbonyl (C=O) groups is 1. The summed E-state index contributed by atoms with van der Waals surface area (Å²) >= 11 is 6.70. The van der Waals surface area contributed by atoms with Crippen LogP contribution in [0, 0.1) is 0 Å². The monoisotopic (exact) mass is 275 g/mol. The molecule has 1 fully saturated rings. The van der Waals surface area contributed by atoms with Crippen molar-refractivity contribution in [2.24, 2.45) is 0 Å². The number of thioether (sulfide) groups is 1. The van der Waals surface area contributed by atoms with Crippen LogP contribution in [0.4, 0.5) is 0 Å². The van der Waals surface area contributed by atoms with Crippen LogP contribution in [-0.2, 0) is 9.53 Å². The van der Waals surface area contributed by atoms with Crippen LogP contribution < -0.4 is 0 Å². The first-order valence-corrected chi connectivity index (χ1v) is 7.26. The molecular formula is C12H21NO2S2. The number of rotatable bonds is 4.